The fourth-order valence-corrected chi connectivity index (χ4v) is 2.97. The summed E-state index contributed by atoms with van der Waals surface area (Å²) in [6, 6.07) is 8.94. The molecule has 0 aromatic heterocycles. The van der Waals surface area contributed by atoms with Crippen molar-refractivity contribution in [2.75, 3.05) is 13.2 Å². The molecule has 0 amide bonds. The van der Waals surface area contributed by atoms with E-state index in [4.69, 9.17) is 9.47 Å². The summed E-state index contributed by atoms with van der Waals surface area (Å²) in [6.07, 6.45) is 1.88. The first-order valence-electron chi connectivity index (χ1n) is 8.60. The van der Waals surface area contributed by atoms with Crippen LogP contribution in [0.15, 0.2) is 47.8 Å². The van der Waals surface area contributed by atoms with Crippen LogP contribution in [0.5, 0.6) is 0 Å². The number of esters is 2. The third kappa shape index (κ3) is 5.73. The highest BCUT2D eigenvalue weighted by Gasteiger charge is 2.49. The number of rotatable bonds is 8. The highest BCUT2D eigenvalue weighted by Crippen LogP contribution is 2.32. The molecule has 0 atom stereocenters. The summed E-state index contributed by atoms with van der Waals surface area (Å²) in [4.78, 5) is 25.6. The lowest BCUT2D eigenvalue weighted by Crippen LogP contribution is -2.46. The summed E-state index contributed by atoms with van der Waals surface area (Å²) in [7, 11) is -1.42. The van der Waals surface area contributed by atoms with Crippen molar-refractivity contribution in [3.05, 3.63) is 53.4 Å². The number of carbonyl (C=O) groups excluding carboxylic acids is 2. The molecule has 0 unspecified atom stereocenters. The summed E-state index contributed by atoms with van der Waals surface area (Å²) in [5.74, 6) is -1.18. The number of hydrogen-bond acceptors (Lipinski definition) is 4. The van der Waals surface area contributed by atoms with Crippen LogP contribution in [0.25, 0.3) is 0 Å². The Bertz CT molecular complexity index is 619. The zero-order chi connectivity index (χ0) is 18.9. The Labute approximate surface area is 151 Å². The molecular formula is C20H28O4Si. The third-order valence-corrected chi connectivity index (χ3v) is 4.59. The van der Waals surface area contributed by atoms with Gasteiger partial charge in [-0.25, -0.2) is 0 Å². The maximum Gasteiger partial charge on any atom is 0.328 e. The molecule has 25 heavy (non-hydrogen) atoms. The van der Waals surface area contributed by atoms with Crippen LogP contribution in [-0.2, 0) is 24.5 Å². The van der Waals surface area contributed by atoms with E-state index in [1.165, 1.54) is 0 Å². The summed E-state index contributed by atoms with van der Waals surface area (Å²) in [5.41, 5.74) is 4.24. The molecule has 0 N–H and O–H groups in total. The molecule has 0 aliphatic heterocycles. The van der Waals surface area contributed by atoms with Crippen LogP contribution in [0.1, 0.15) is 25.8 Å². The SMILES string of the molecule is CCOC(=O)C(CC=C=C[Si](C)(C)C)(C(=O)OCC)c1ccccc1. The fraction of sp³-hybridized carbons (Fsp3) is 0.450. The first-order valence-corrected chi connectivity index (χ1v) is 12.2. The lowest BCUT2D eigenvalue weighted by Gasteiger charge is -2.28. The van der Waals surface area contributed by atoms with Crippen molar-refractivity contribution in [1.82, 2.24) is 0 Å². The molecule has 0 bridgehead atoms. The molecule has 1 rings (SSSR count). The number of hydrogen-bond donors (Lipinski definition) is 0. The van der Waals surface area contributed by atoms with E-state index >= 15 is 0 Å². The number of allylic oxidation sites excluding steroid dienone is 1. The molecule has 5 heteroatoms. The zero-order valence-electron chi connectivity index (χ0n) is 15.8. The van der Waals surface area contributed by atoms with Gasteiger partial charge in [-0.3, -0.25) is 9.59 Å². The second-order valence-corrected chi connectivity index (χ2v) is 11.8. The van der Waals surface area contributed by atoms with Gasteiger partial charge < -0.3 is 9.47 Å². The molecule has 0 spiro atoms. The van der Waals surface area contributed by atoms with E-state index in [-0.39, 0.29) is 19.6 Å². The molecule has 0 aliphatic carbocycles. The molecular weight excluding hydrogens is 332 g/mol. The average molecular weight is 361 g/mol. The predicted molar refractivity (Wildman–Crippen MR) is 102 cm³/mol. The standard InChI is InChI=1S/C20H28O4Si/c1-6-23-18(21)20(19(22)24-7-2,17-13-9-8-10-14-17)15-11-12-16-25(3,4)5/h8-11,13-14,16H,6-7,15H2,1-5H3. The van der Waals surface area contributed by atoms with Crippen molar-refractivity contribution < 1.29 is 19.1 Å². The van der Waals surface area contributed by atoms with Gasteiger partial charge in [-0.15, -0.1) is 5.73 Å². The summed E-state index contributed by atoms with van der Waals surface area (Å²) < 4.78 is 10.5. The van der Waals surface area contributed by atoms with Gasteiger partial charge >= 0.3 is 11.9 Å². The van der Waals surface area contributed by atoms with Gasteiger partial charge in [-0.1, -0.05) is 55.7 Å². The van der Waals surface area contributed by atoms with Crippen LogP contribution in [0.2, 0.25) is 19.6 Å². The lowest BCUT2D eigenvalue weighted by atomic mass is 9.77. The number of benzene rings is 1. The minimum Gasteiger partial charge on any atom is -0.465 e. The second kappa shape index (κ2) is 9.40. The Hall–Kier alpha value is -2.10. The van der Waals surface area contributed by atoms with Crippen LogP contribution >= 0.6 is 0 Å². The van der Waals surface area contributed by atoms with Gasteiger partial charge in [0, 0.05) is 6.42 Å². The summed E-state index contributed by atoms with van der Waals surface area (Å²) in [6.45, 7) is 10.4. The van der Waals surface area contributed by atoms with Crippen molar-refractivity contribution in [1.29, 1.82) is 0 Å². The van der Waals surface area contributed by atoms with Crippen LogP contribution in [0.3, 0.4) is 0 Å². The molecule has 1 aromatic rings. The minimum absolute atomic E-state index is 0.148. The largest absolute Gasteiger partial charge is 0.465 e. The molecule has 0 radical (unpaired) electrons. The Balaban J connectivity index is 3.42. The molecule has 0 fully saturated rings. The number of carbonyl (C=O) groups is 2. The molecule has 0 saturated heterocycles. The van der Waals surface area contributed by atoms with Crippen LogP contribution in [-0.4, -0.2) is 33.2 Å². The van der Waals surface area contributed by atoms with Crippen molar-refractivity contribution in [2.45, 2.75) is 45.3 Å². The normalized spacial score (nSPS) is 11.2. The van der Waals surface area contributed by atoms with Gasteiger partial charge in [-0.2, -0.15) is 0 Å². The summed E-state index contributed by atoms with van der Waals surface area (Å²) in [5, 5.41) is 0. The Kier molecular flexibility index (Phi) is 7.87. The van der Waals surface area contributed by atoms with Gasteiger partial charge in [0.05, 0.1) is 21.3 Å². The number of ether oxygens (including phenoxy) is 2. The maximum atomic E-state index is 12.8. The minimum atomic E-state index is -1.51. The lowest BCUT2D eigenvalue weighted by molar-refractivity contribution is -0.164. The molecule has 4 nitrogen and oxygen atoms in total. The zero-order valence-corrected chi connectivity index (χ0v) is 16.8. The predicted octanol–water partition coefficient (Wildman–Crippen LogP) is 4.03. The average Bonchev–Trinajstić information content (AvgIpc) is 2.55. The van der Waals surface area contributed by atoms with Gasteiger partial charge in [0.25, 0.3) is 0 Å². The highest BCUT2D eigenvalue weighted by molar-refractivity contribution is 6.80. The molecule has 0 saturated carbocycles. The van der Waals surface area contributed by atoms with E-state index in [1.54, 1.807) is 44.2 Å². The smallest absolute Gasteiger partial charge is 0.328 e. The first kappa shape index (κ1) is 20.9. The van der Waals surface area contributed by atoms with E-state index in [9.17, 15) is 9.59 Å². The third-order valence-electron chi connectivity index (χ3n) is 3.56. The molecule has 0 heterocycles. The molecule has 1 aromatic carbocycles. The summed E-state index contributed by atoms with van der Waals surface area (Å²) >= 11 is 0. The monoisotopic (exact) mass is 360 g/mol. The van der Waals surface area contributed by atoms with E-state index < -0.39 is 25.4 Å². The molecule has 0 aliphatic rings. The molecule has 136 valence electrons. The van der Waals surface area contributed by atoms with E-state index in [0.29, 0.717) is 5.56 Å². The van der Waals surface area contributed by atoms with Gasteiger partial charge in [0.1, 0.15) is 0 Å². The van der Waals surface area contributed by atoms with Gasteiger partial charge in [-0.05, 0) is 25.5 Å². The van der Waals surface area contributed by atoms with Crippen molar-refractivity contribution in [3.8, 4) is 0 Å². The van der Waals surface area contributed by atoms with E-state index in [0.717, 1.165) is 0 Å². The van der Waals surface area contributed by atoms with Crippen LogP contribution < -0.4 is 0 Å². The van der Waals surface area contributed by atoms with Crippen molar-refractivity contribution >= 4 is 20.0 Å². The Morgan fingerprint density at radius 2 is 1.56 bits per heavy atom. The Morgan fingerprint density at radius 1 is 1.04 bits per heavy atom. The second-order valence-electron chi connectivity index (χ2n) is 6.80. The van der Waals surface area contributed by atoms with E-state index in [2.05, 4.69) is 25.4 Å². The van der Waals surface area contributed by atoms with E-state index in [1.807, 2.05) is 11.8 Å². The first-order chi connectivity index (χ1) is 11.8. The quantitative estimate of drug-likeness (QED) is 0.304. The highest BCUT2D eigenvalue weighted by atomic mass is 28.3. The van der Waals surface area contributed by atoms with Gasteiger partial charge in [0.15, 0.2) is 5.41 Å². The van der Waals surface area contributed by atoms with Crippen molar-refractivity contribution in [2.24, 2.45) is 0 Å². The van der Waals surface area contributed by atoms with Gasteiger partial charge in [0.2, 0.25) is 0 Å². The maximum absolute atomic E-state index is 12.8. The fourth-order valence-electron chi connectivity index (χ4n) is 2.36. The Morgan fingerprint density at radius 3 is 2.00 bits per heavy atom. The van der Waals surface area contributed by atoms with Crippen molar-refractivity contribution in [3.63, 3.8) is 0 Å². The van der Waals surface area contributed by atoms with Crippen LogP contribution in [0, 0.1) is 0 Å². The van der Waals surface area contributed by atoms with Crippen LogP contribution in [0.4, 0.5) is 0 Å². The topological polar surface area (TPSA) is 52.6 Å².